The van der Waals surface area contributed by atoms with Crippen LogP contribution in [-0.2, 0) is 11.2 Å². The third-order valence-corrected chi connectivity index (χ3v) is 3.58. The molecule has 0 fully saturated rings. The fraction of sp³-hybridized carbons (Fsp3) is 0.385. The molecule has 1 N–H and O–H groups in total. The van der Waals surface area contributed by atoms with E-state index in [1.54, 1.807) is 4.68 Å². The van der Waals surface area contributed by atoms with E-state index in [-0.39, 0.29) is 5.75 Å². The van der Waals surface area contributed by atoms with Crippen molar-refractivity contribution in [2.75, 3.05) is 5.75 Å². The van der Waals surface area contributed by atoms with Crippen LogP contribution in [0, 0.1) is 13.8 Å². The first-order valence-electron chi connectivity index (χ1n) is 6.25. The van der Waals surface area contributed by atoms with Gasteiger partial charge in [0.05, 0.1) is 11.4 Å². The zero-order valence-corrected chi connectivity index (χ0v) is 12.4. The molecule has 7 heteroatoms. The lowest BCUT2D eigenvalue weighted by molar-refractivity contribution is -0.133. The molecule has 0 radical (unpaired) electrons. The normalized spacial score (nSPS) is 10.8. The van der Waals surface area contributed by atoms with E-state index in [4.69, 9.17) is 5.11 Å². The SMILES string of the molecule is CCc1cc(SCC(=O)O)n(-c2cc(C)nc(C)n2)n1. The zero-order chi connectivity index (χ0) is 14.7. The van der Waals surface area contributed by atoms with Crippen LogP contribution in [0.5, 0.6) is 0 Å². The molecule has 0 spiro atoms. The molecule has 20 heavy (non-hydrogen) atoms. The van der Waals surface area contributed by atoms with Gasteiger partial charge in [0.15, 0.2) is 5.82 Å². The molecule has 0 amide bonds. The average molecular weight is 292 g/mol. The van der Waals surface area contributed by atoms with Gasteiger partial charge in [-0.15, -0.1) is 0 Å². The molecule has 0 saturated carbocycles. The van der Waals surface area contributed by atoms with Crippen LogP contribution >= 0.6 is 11.8 Å². The number of hydrogen-bond acceptors (Lipinski definition) is 5. The van der Waals surface area contributed by atoms with E-state index in [1.165, 1.54) is 11.8 Å². The molecule has 2 rings (SSSR count). The predicted octanol–water partition coefficient (Wildman–Crippen LogP) is 2.02. The van der Waals surface area contributed by atoms with Crippen LogP contribution in [0.2, 0.25) is 0 Å². The molecule has 106 valence electrons. The highest BCUT2D eigenvalue weighted by atomic mass is 32.2. The molecule has 0 aromatic carbocycles. The summed E-state index contributed by atoms with van der Waals surface area (Å²) in [7, 11) is 0. The second kappa shape index (κ2) is 6.04. The molecular weight excluding hydrogens is 276 g/mol. The number of carboxylic acid groups (broad SMARTS) is 1. The molecular formula is C13H16N4O2S. The minimum Gasteiger partial charge on any atom is -0.481 e. The van der Waals surface area contributed by atoms with E-state index in [0.717, 1.165) is 22.8 Å². The van der Waals surface area contributed by atoms with Gasteiger partial charge in [-0.05, 0) is 26.3 Å². The van der Waals surface area contributed by atoms with Crippen molar-refractivity contribution in [3.63, 3.8) is 0 Å². The van der Waals surface area contributed by atoms with Gasteiger partial charge in [-0.2, -0.15) is 5.10 Å². The second-order valence-corrected chi connectivity index (χ2v) is 5.33. The minimum absolute atomic E-state index is 0.00209. The summed E-state index contributed by atoms with van der Waals surface area (Å²) in [6.45, 7) is 5.73. The highest BCUT2D eigenvalue weighted by Crippen LogP contribution is 2.22. The summed E-state index contributed by atoms with van der Waals surface area (Å²) >= 11 is 1.24. The van der Waals surface area contributed by atoms with E-state index < -0.39 is 5.97 Å². The van der Waals surface area contributed by atoms with E-state index in [0.29, 0.717) is 11.6 Å². The summed E-state index contributed by atoms with van der Waals surface area (Å²) in [6.07, 6.45) is 0.788. The van der Waals surface area contributed by atoms with Gasteiger partial charge in [0.25, 0.3) is 0 Å². The van der Waals surface area contributed by atoms with E-state index in [2.05, 4.69) is 15.1 Å². The summed E-state index contributed by atoms with van der Waals surface area (Å²) in [5.41, 5.74) is 1.77. The van der Waals surface area contributed by atoms with Gasteiger partial charge in [-0.25, -0.2) is 14.6 Å². The molecule has 0 bridgehead atoms. The molecule has 2 heterocycles. The van der Waals surface area contributed by atoms with Crippen molar-refractivity contribution in [3.8, 4) is 5.82 Å². The zero-order valence-electron chi connectivity index (χ0n) is 11.6. The number of carboxylic acids is 1. The van der Waals surface area contributed by atoms with Gasteiger partial charge in [0.2, 0.25) is 0 Å². The summed E-state index contributed by atoms with van der Waals surface area (Å²) in [4.78, 5) is 19.3. The Labute approximate surface area is 121 Å². The van der Waals surface area contributed by atoms with Gasteiger partial charge in [0, 0.05) is 11.8 Å². The maximum Gasteiger partial charge on any atom is 0.313 e. The van der Waals surface area contributed by atoms with Crippen molar-refractivity contribution >= 4 is 17.7 Å². The summed E-state index contributed by atoms with van der Waals surface area (Å²) in [5, 5.41) is 14.1. The maximum atomic E-state index is 10.7. The number of thioether (sulfide) groups is 1. The first-order chi connectivity index (χ1) is 9.49. The van der Waals surface area contributed by atoms with Crippen LogP contribution in [0.1, 0.15) is 24.1 Å². The largest absolute Gasteiger partial charge is 0.481 e. The highest BCUT2D eigenvalue weighted by molar-refractivity contribution is 7.99. The first-order valence-corrected chi connectivity index (χ1v) is 7.24. The van der Waals surface area contributed by atoms with Crippen LogP contribution in [0.3, 0.4) is 0 Å². The smallest absolute Gasteiger partial charge is 0.313 e. The Bertz CT molecular complexity index is 619. The fourth-order valence-corrected chi connectivity index (χ4v) is 2.54. The van der Waals surface area contributed by atoms with Crippen molar-refractivity contribution in [1.82, 2.24) is 19.7 Å². The Morgan fingerprint density at radius 1 is 1.35 bits per heavy atom. The molecule has 0 aliphatic rings. The Morgan fingerprint density at radius 3 is 2.70 bits per heavy atom. The average Bonchev–Trinajstić information content (AvgIpc) is 2.78. The van der Waals surface area contributed by atoms with Crippen molar-refractivity contribution in [2.24, 2.45) is 0 Å². The molecule has 0 aliphatic carbocycles. The van der Waals surface area contributed by atoms with Gasteiger partial charge in [0.1, 0.15) is 10.9 Å². The maximum absolute atomic E-state index is 10.7. The number of carbonyl (C=O) groups is 1. The Morgan fingerprint density at radius 2 is 2.10 bits per heavy atom. The summed E-state index contributed by atoms with van der Waals surface area (Å²) < 4.78 is 1.69. The quantitative estimate of drug-likeness (QED) is 0.849. The van der Waals surface area contributed by atoms with Gasteiger partial charge in [-0.3, -0.25) is 4.79 Å². The number of aromatic nitrogens is 4. The number of aryl methyl sites for hydroxylation is 3. The van der Waals surface area contributed by atoms with Crippen molar-refractivity contribution < 1.29 is 9.90 Å². The lowest BCUT2D eigenvalue weighted by Crippen LogP contribution is -2.06. The summed E-state index contributed by atoms with van der Waals surface area (Å²) in [6, 6.07) is 3.74. The summed E-state index contributed by atoms with van der Waals surface area (Å²) in [5.74, 6) is 0.485. The van der Waals surface area contributed by atoms with E-state index in [1.807, 2.05) is 32.9 Å². The monoisotopic (exact) mass is 292 g/mol. The number of rotatable bonds is 5. The molecule has 2 aromatic rings. The lowest BCUT2D eigenvalue weighted by atomic mass is 10.3. The van der Waals surface area contributed by atoms with Gasteiger partial charge < -0.3 is 5.11 Å². The minimum atomic E-state index is -0.851. The number of aliphatic carboxylic acids is 1. The molecule has 0 atom stereocenters. The first kappa shape index (κ1) is 14.5. The molecule has 0 unspecified atom stereocenters. The van der Waals surface area contributed by atoms with E-state index in [9.17, 15) is 4.79 Å². The third-order valence-electron chi connectivity index (χ3n) is 2.60. The molecule has 0 aliphatic heterocycles. The van der Waals surface area contributed by atoms with Crippen LogP contribution in [-0.4, -0.2) is 36.6 Å². The Kier molecular flexibility index (Phi) is 4.39. The predicted molar refractivity (Wildman–Crippen MR) is 76.4 cm³/mol. The molecule has 6 nitrogen and oxygen atoms in total. The van der Waals surface area contributed by atoms with Crippen molar-refractivity contribution in [2.45, 2.75) is 32.2 Å². The van der Waals surface area contributed by atoms with E-state index >= 15 is 0 Å². The third kappa shape index (κ3) is 3.36. The van der Waals surface area contributed by atoms with Gasteiger partial charge >= 0.3 is 5.97 Å². The standard InChI is InChI=1S/C13H16N4O2S/c1-4-10-6-12(20-7-13(18)19)17(16-10)11-5-8(2)14-9(3)15-11/h5-6H,4,7H2,1-3H3,(H,18,19). The van der Waals surface area contributed by atoms with Crippen LogP contribution < -0.4 is 0 Å². The number of nitrogens with zero attached hydrogens (tertiary/aromatic N) is 4. The van der Waals surface area contributed by atoms with Crippen LogP contribution in [0.25, 0.3) is 5.82 Å². The van der Waals surface area contributed by atoms with Crippen LogP contribution in [0.4, 0.5) is 0 Å². The topological polar surface area (TPSA) is 80.9 Å². The molecule has 2 aromatic heterocycles. The highest BCUT2D eigenvalue weighted by Gasteiger charge is 2.13. The Hall–Kier alpha value is -1.89. The number of hydrogen-bond donors (Lipinski definition) is 1. The molecule has 0 saturated heterocycles. The van der Waals surface area contributed by atoms with Crippen LogP contribution in [0.15, 0.2) is 17.2 Å². The Balaban J connectivity index is 2.42. The second-order valence-electron chi connectivity index (χ2n) is 4.34. The van der Waals surface area contributed by atoms with Crippen molar-refractivity contribution in [3.05, 3.63) is 29.3 Å². The fourth-order valence-electron chi connectivity index (χ4n) is 1.79. The van der Waals surface area contributed by atoms with Crippen molar-refractivity contribution in [1.29, 1.82) is 0 Å². The lowest BCUT2D eigenvalue weighted by Gasteiger charge is -2.06. The van der Waals surface area contributed by atoms with Gasteiger partial charge in [-0.1, -0.05) is 18.7 Å².